The largest absolute Gasteiger partial charge is 0.345 e. The zero-order valence-corrected chi connectivity index (χ0v) is 5.58. The van der Waals surface area contributed by atoms with Gasteiger partial charge in [-0.05, 0) is 6.07 Å². The smallest absolute Gasteiger partial charge is 0.315 e. The summed E-state index contributed by atoms with van der Waals surface area (Å²) in [6.07, 6.45) is 2.94. The van der Waals surface area contributed by atoms with Crippen molar-refractivity contribution in [2.45, 2.75) is 13.2 Å². The van der Waals surface area contributed by atoms with E-state index in [0.717, 1.165) is 0 Å². The van der Waals surface area contributed by atoms with Crippen molar-refractivity contribution in [2.75, 3.05) is 0 Å². The van der Waals surface area contributed by atoms with Crippen molar-refractivity contribution >= 4 is 0 Å². The highest BCUT2D eigenvalue weighted by atomic mass is 19.3. The molecule has 0 amide bonds. The van der Waals surface area contributed by atoms with Crippen molar-refractivity contribution in [1.82, 2.24) is 9.97 Å². The van der Waals surface area contributed by atoms with Crippen LogP contribution >= 0.6 is 0 Å². The van der Waals surface area contributed by atoms with Gasteiger partial charge in [0.15, 0.2) is 5.82 Å². The van der Waals surface area contributed by atoms with Gasteiger partial charge >= 0.3 is 6.61 Å². The quantitative estimate of drug-likeness (QED) is 0.666. The van der Waals surface area contributed by atoms with E-state index < -0.39 is 6.61 Å². The first-order chi connectivity index (χ1) is 5.29. The second kappa shape index (κ2) is 3.92. The van der Waals surface area contributed by atoms with Crippen LogP contribution in [-0.4, -0.2) is 16.6 Å². The Labute approximate surface area is 62.0 Å². The van der Waals surface area contributed by atoms with Gasteiger partial charge in [-0.1, -0.05) is 0 Å². The number of hydrogen-bond donors (Lipinski definition) is 0. The number of rotatable bonds is 3. The summed E-state index contributed by atoms with van der Waals surface area (Å²) in [4.78, 5) is 7.36. The van der Waals surface area contributed by atoms with E-state index >= 15 is 0 Å². The topological polar surface area (TPSA) is 35.0 Å². The molecule has 1 aromatic heterocycles. The zero-order chi connectivity index (χ0) is 8.10. The first-order valence-corrected chi connectivity index (χ1v) is 2.94. The lowest BCUT2D eigenvalue weighted by Gasteiger charge is -1.99. The monoisotopic (exact) mass is 160 g/mol. The van der Waals surface area contributed by atoms with Crippen LogP contribution in [0.5, 0.6) is 0 Å². The van der Waals surface area contributed by atoms with Crippen LogP contribution in [0.2, 0.25) is 0 Å². The van der Waals surface area contributed by atoms with E-state index in [2.05, 4.69) is 14.7 Å². The second-order valence-corrected chi connectivity index (χ2v) is 1.74. The molecule has 1 rings (SSSR count). The van der Waals surface area contributed by atoms with Gasteiger partial charge in [0.2, 0.25) is 0 Å². The van der Waals surface area contributed by atoms with Gasteiger partial charge in [0.1, 0.15) is 6.61 Å². The van der Waals surface area contributed by atoms with Gasteiger partial charge in [-0.2, -0.15) is 8.78 Å². The third-order valence-corrected chi connectivity index (χ3v) is 0.958. The Morgan fingerprint density at radius 2 is 2.00 bits per heavy atom. The van der Waals surface area contributed by atoms with Crippen molar-refractivity contribution in [3.63, 3.8) is 0 Å². The molecule has 0 N–H and O–H groups in total. The molecule has 0 spiro atoms. The predicted molar refractivity (Wildman–Crippen MR) is 32.8 cm³/mol. The van der Waals surface area contributed by atoms with E-state index in [4.69, 9.17) is 0 Å². The molecule has 0 atom stereocenters. The number of aromatic nitrogens is 2. The van der Waals surface area contributed by atoms with Gasteiger partial charge in [0.05, 0.1) is 0 Å². The predicted octanol–water partition coefficient (Wildman–Crippen LogP) is 1.22. The fraction of sp³-hybridized carbons (Fsp3) is 0.333. The van der Waals surface area contributed by atoms with Crippen LogP contribution in [0.25, 0.3) is 0 Å². The highest BCUT2D eigenvalue weighted by molar-refractivity contribution is 4.86. The molecule has 0 radical (unpaired) electrons. The lowest BCUT2D eigenvalue weighted by molar-refractivity contribution is -0.138. The molecule has 60 valence electrons. The Morgan fingerprint density at radius 3 is 2.55 bits per heavy atom. The molecule has 0 unspecified atom stereocenters. The number of halogens is 2. The van der Waals surface area contributed by atoms with E-state index in [0.29, 0.717) is 0 Å². The van der Waals surface area contributed by atoms with Crippen LogP contribution < -0.4 is 0 Å². The minimum Gasteiger partial charge on any atom is -0.315 e. The molecule has 11 heavy (non-hydrogen) atoms. The van der Waals surface area contributed by atoms with Crippen LogP contribution in [-0.2, 0) is 11.3 Å². The first-order valence-electron chi connectivity index (χ1n) is 2.94. The number of hydrogen-bond acceptors (Lipinski definition) is 3. The van der Waals surface area contributed by atoms with Crippen molar-refractivity contribution in [3.05, 3.63) is 24.3 Å². The van der Waals surface area contributed by atoms with Crippen LogP contribution in [0.4, 0.5) is 8.78 Å². The summed E-state index contributed by atoms with van der Waals surface area (Å²) >= 11 is 0. The molecule has 0 fully saturated rings. The van der Waals surface area contributed by atoms with Crippen molar-refractivity contribution < 1.29 is 13.5 Å². The normalized spacial score (nSPS) is 10.5. The van der Waals surface area contributed by atoms with Gasteiger partial charge in [0.25, 0.3) is 0 Å². The number of ether oxygens (including phenoxy) is 1. The van der Waals surface area contributed by atoms with E-state index in [1.807, 2.05) is 0 Å². The fourth-order valence-electron chi connectivity index (χ4n) is 0.542. The Bertz CT molecular complexity index is 205. The summed E-state index contributed by atoms with van der Waals surface area (Å²) in [5.41, 5.74) is 0. The lowest BCUT2D eigenvalue weighted by Crippen LogP contribution is -2.02. The molecule has 0 aliphatic rings. The van der Waals surface area contributed by atoms with E-state index in [1.54, 1.807) is 6.07 Å². The average Bonchev–Trinajstić information content (AvgIpc) is 2.03. The Balaban J connectivity index is 2.39. The molecule has 1 heterocycles. The molecular formula is C6H6F2N2O. The Hall–Kier alpha value is -1.10. The molecule has 0 bridgehead atoms. The van der Waals surface area contributed by atoms with Gasteiger partial charge in [-0.3, -0.25) is 0 Å². The summed E-state index contributed by atoms with van der Waals surface area (Å²) in [6, 6.07) is 1.60. The van der Waals surface area contributed by atoms with Gasteiger partial charge in [0, 0.05) is 12.4 Å². The van der Waals surface area contributed by atoms with Gasteiger partial charge in [-0.25, -0.2) is 9.97 Å². The van der Waals surface area contributed by atoms with Gasteiger partial charge in [-0.15, -0.1) is 0 Å². The van der Waals surface area contributed by atoms with Crippen LogP contribution in [0.15, 0.2) is 18.5 Å². The highest BCUT2D eigenvalue weighted by Crippen LogP contribution is 1.98. The highest BCUT2D eigenvalue weighted by Gasteiger charge is 2.02. The minimum absolute atomic E-state index is 0.251. The molecular weight excluding hydrogens is 154 g/mol. The maximum Gasteiger partial charge on any atom is 0.345 e. The van der Waals surface area contributed by atoms with Crippen molar-refractivity contribution in [1.29, 1.82) is 0 Å². The first kappa shape index (κ1) is 8.00. The van der Waals surface area contributed by atoms with E-state index in [1.165, 1.54) is 12.4 Å². The summed E-state index contributed by atoms with van der Waals surface area (Å²) in [5.74, 6) is 0.257. The van der Waals surface area contributed by atoms with Crippen LogP contribution in [0, 0.1) is 0 Å². The third kappa shape index (κ3) is 2.99. The lowest BCUT2D eigenvalue weighted by atomic mass is 10.6. The fourth-order valence-corrected chi connectivity index (χ4v) is 0.542. The molecule has 0 saturated heterocycles. The Morgan fingerprint density at radius 1 is 1.36 bits per heavy atom. The van der Waals surface area contributed by atoms with Gasteiger partial charge < -0.3 is 4.74 Å². The van der Waals surface area contributed by atoms with Crippen LogP contribution in [0.1, 0.15) is 5.82 Å². The van der Waals surface area contributed by atoms with Crippen molar-refractivity contribution in [3.8, 4) is 0 Å². The number of nitrogens with zero attached hydrogens (tertiary/aromatic N) is 2. The Kier molecular flexibility index (Phi) is 2.85. The maximum atomic E-state index is 11.4. The molecule has 5 heteroatoms. The summed E-state index contributed by atoms with van der Waals surface area (Å²) in [6.45, 7) is -3.02. The van der Waals surface area contributed by atoms with E-state index in [9.17, 15) is 8.78 Å². The maximum absolute atomic E-state index is 11.4. The molecule has 1 aromatic rings. The second-order valence-electron chi connectivity index (χ2n) is 1.74. The molecule has 0 aromatic carbocycles. The zero-order valence-electron chi connectivity index (χ0n) is 5.58. The SMILES string of the molecule is FC(F)OCc1ncccn1. The average molecular weight is 160 g/mol. The summed E-state index contributed by atoms with van der Waals surface area (Å²) in [5, 5.41) is 0. The standard InChI is InChI=1S/C6H6F2N2O/c7-6(8)11-4-5-9-2-1-3-10-5/h1-3,6H,4H2. The summed E-state index contributed by atoms with van der Waals surface area (Å²) < 4.78 is 26.9. The van der Waals surface area contributed by atoms with E-state index in [-0.39, 0.29) is 12.4 Å². The molecule has 3 nitrogen and oxygen atoms in total. The molecule has 0 aliphatic carbocycles. The number of alkyl halides is 2. The molecule has 0 aliphatic heterocycles. The van der Waals surface area contributed by atoms with Crippen LogP contribution in [0.3, 0.4) is 0 Å². The van der Waals surface area contributed by atoms with Crippen molar-refractivity contribution in [2.24, 2.45) is 0 Å². The summed E-state index contributed by atoms with van der Waals surface area (Å²) in [7, 11) is 0. The third-order valence-electron chi connectivity index (χ3n) is 0.958. The molecule has 0 saturated carbocycles. The minimum atomic E-state index is -2.76.